The third kappa shape index (κ3) is 3.72. The van der Waals surface area contributed by atoms with Crippen LogP contribution in [0.25, 0.3) is 0 Å². The molecule has 0 amide bonds. The molecular weight excluding hydrogens is 272 g/mol. The third-order valence-electron chi connectivity index (χ3n) is 2.69. The van der Waals surface area contributed by atoms with Crippen molar-refractivity contribution in [3.8, 4) is 0 Å². The largest absolute Gasteiger partial charge is 0.395 e. The highest BCUT2D eigenvalue weighted by Crippen LogP contribution is 2.21. The molecule has 106 valence electrons. The van der Waals surface area contributed by atoms with E-state index in [1.807, 2.05) is 0 Å². The Hall–Kier alpha value is -1.51. The Morgan fingerprint density at radius 1 is 1.47 bits per heavy atom. The first-order chi connectivity index (χ1) is 8.81. The zero-order valence-corrected chi connectivity index (χ0v) is 11.5. The Balaban J connectivity index is 3.12. The summed E-state index contributed by atoms with van der Waals surface area (Å²) in [6.45, 7) is 2.93. The zero-order chi connectivity index (χ0) is 14.6. The number of non-ortho nitro benzene ring substituents is 1. The number of rotatable bonds is 6. The fourth-order valence-electron chi connectivity index (χ4n) is 1.58. The third-order valence-corrected chi connectivity index (χ3v) is 4.37. The van der Waals surface area contributed by atoms with Crippen LogP contribution in [-0.2, 0) is 10.0 Å². The Morgan fingerprint density at radius 2 is 2.11 bits per heavy atom. The highest BCUT2D eigenvalue weighted by Gasteiger charge is 2.22. The van der Waals surface area contributed by atoms with Crippen LogP contribution in [-0.4, -0.2) is 31.1 Å². The first-order valence-corrected chi connectivity index (χ1v) is 7.18. The minimum atomic E-state index is -3.79. The molecule has 0 bridgehead atoms. The zero-order valence-electron chi connectivity index (χ0n) is 10.7. The van der Waals surface area contributed by atoms with E-state index in [-0.39, 0.29) is 22.8 Å². The van der Waals surface area contributed by atoms with Crippen LogP contribution in [0.2, 0.25) is 0 Å². The predicted octanol–water partition coefficient (Wildman–Crippen LogP) is 0.952. The number of aliphatic hydroxyl groups excluding tert-OH is 1. The smallest absolute Gasteiger partial charge is 0.269 e. The Morgan fingerprint density at radius 3 is 2.53 bits per heavy atom. The SMILES string of the molecule is CCC(CO)NS(=O)(=O)c1ccc([N+](=O)[O-])cc1C. The van der Waals surface area contributed by atoms with Crippen LogP contribution in [0.1, 0.15) is 18.9 Å². The van der Waals surface area contributed by atoms with E-state index in [9.17, 15) is 18.5 Å². The lowest BCUT2D eigenvalue weighted by molar-refractivity contribution is -0.385. The van der Waals surface area contributed by atoms with E-state index < -0.39 is 21.0 Å². The second-order valence-corrected chi connectivity index (χ2v) is 5.80. The van der Waals surface area contributed by atoms with Crippen molar-refractivity contribution in [1.82, 2.24) is 4.72 Å². The first-order valence-electron chi connectivity index (χ1n) is 5.70. The summed E-state index contributed by atoms with van der Waals surface area (Å²) >= 11 is 0. The summed E-state index contributed by atoms with van der Waals surface area (Å²) in [4.78, 5) is 9.98. The quantitative estimate of drug-likeness (QED) is 0.598. The average molecular weight is 288 g/mol. The van der Waals surface area contributed by atoms with Crippen molar-refractivity contribution in [1.29, 1.82) is 0 Å². The average Bonchev–Trinajstić information content (AvgIpc) is 2.35. The van der Waals surface area contributed by atoms with E-state index in [1.54, 1.807) is 6.92 Å². The van der Waals surface area contributed by atoms with Crippen LogP contribution in [0.4, 0.5) is 5.69 Å². The summed E-state index contributed by atoms with van der Waals surface area (Å²) in [6.07, 6.45) is 0.446. The Kier molecular flexibility index (Phi) is 4.98. The van der Waals surface area contributed by atoms with Gasteiger partial charge in [-0.25, -0.2) is 13.1 Å². The minimum absolute atomic E-state index is 0.0231. The van der Waals surface area contributed by atoms with Gasteiger partial charge in [0.05, 0.1) is 16.4 Å². The van der Waals surface area contributed by atoms with Crippen LogP contribution in [0, 0.1) is 17.0 Å². The van der Waals surface area contributed by atoms with Gasteiger partial charge < -0.3 is 5.11 Å². The number of hydrogen-bond acceptors (Lipinski definition) is 5. The number of hydrogen-bond donors (Lipinski definition) is 2. The molecule has 1 atom stereocenters. The highest BCUT2D eigenvalue weighted by molar-refractivity contribution is 7.89. The molecule has 0 aliphatic rings. The topological polar surface area (TPSA) is 110 Å². The van der Waals surface area contributed by atoms with E-state index in [0.717, 1.165) is 6.07 Å². The van der Waals surface area contributed by atoms with E-state index in [4.69, 9.17) is 5.11 Å². The fraction of sp³-hybridized carbons (Fsp3) is 0.455. The predicted molar refractivity (Wildman–Crippen MR) is 69.3 cm³/mol. The van der Waals surface area contributed by atoms with Gasteiger partial charge in [-0.1, -0.05) is 6.92 Å². The van der Waals surface area contributed by atoms with Gasteiger partial charge in [0.1, 0.15) is 0 Å². The standard InChI is InChI=1S/C11H16N2O5S/c1-3-9(7-14)12-19(17,18)11-5-4-10(13(15)16)6-8(11)2/h4-6,9,12,14H,3,7H2,1-2H3. The van der Waals surface area contributed by atoms with Gasteiger partial charge in [-0.15, -0.1) is 0 Å². The number of nitrogens with one attached hydrogen (secondary N) is 1. The summed E-state index contributed by atoms with van der Waals surface area (Å²) < 4.78 is 26.5. The van der Waals surface area contributed by atoms with Crippen LogP contribution in [0.15, 0.2) is 23.1 Å². The maximum Gasteiger partial charge on any atom is 0.269 e. The molecular formula is C11H16N2O5S. The molecule has 1 aromatic rings. The van der Waals surface area contributed by atoms with Crippen LogP contribution in [0.5, 0.6) is 0 Å². The van der Waals surface area contributed by atoms with Gasteiger partial charge in [-0.2, -0.15) is 0 Å². The van der Waals surface area contributed by atoms with Crippen LogP contribution < -0.4 is 4.72 Å². The number of benzene rings is 1. The van der Waals surface area contributed by atoms with E-state index >= 15 is 0 Å². The molecule has 1 unspecified atom stereocenters. The van der Waals surface area contributed by atoms with Crippen molar-refractivity contribution in [2.45, 2.75) is 31.2 Å². The summed E-state index contributed by atoms with van der Waals surface area (Å²) in [5.41, 5.74) is 0.125. The van der Waals surface area contributed by atoms with Crippen LogP contribution in [0.3, 0.4) is 0 Å². The van der Waals surface area contributed by atoms with E-state index in [0.29, 0.717) is 6.42 Å². The summed E-state index contributed by atoms with van der Waals surface area (Å²) in [5, 5.41) is 19.6. The summed E-state index contributed by atoms with van der Waals surface area (Å²) in [7, 11) is -3.79. The first kappa shape index (κ1) is 15.5. The molecule has 0 spiro atoms. The summed E-state index contributed by atoms with van der Waals surface area (Å²) in [5.74, 6) is 0. The fourth-order valence-corrected chi connectivity index (χ4v) is 3.12. The van der Waals surface area contributed by atoms with Gasteiger partial charge >= 0.3 is 0 Å². The van der Waals surface area contributed by atoms with E-state index in [1.165, 1.54) is 19.1 Å². The molecule has 0 saturated heterocycles. The maximum atomic E-state index is 12.1. The molecule has 0 radical (unpaired) electrons. The molecule has 7 nitrogen and oxygen atoms in total. The van der Waals surface area contributed by atoms with Gasteiger partial charge in [-0.3, -0.25) is 10.1 Å². The normalized spacial score (nSPS) is 13.2. The molecule has 0 saturated carbocycles. The molecule has 0 aromatic heterocycles. The van der Waals surface area contributed by atoms with Crippen LogP contribution >= 0.6 is 0 Å². The highest BCUT2D eigenvalue weighted by atomic mass is 32.2. The number of sulfonamides is 1. The van der Waals surface area contributed by atoms with Gasteiger partial charge in [0.2, 0.25) is 10.0 Å². The molecule has 0 heterocycles. The number of nitrogens with zero attached hydrogens (tertiary/aromatic N) is 1. The number of nitro groups is 1. The van der Waals surface area contributed by atoms with Crippen molar-refractivity contribution >= 4 is 15.7 Å². The second-order valence-electron chi connectivity index (χ2n) is 4.12. The molecule has 0 aliphatic carbocycles. The monoisotopic (exact) mass is 288 g/mol. The lowest BCUT2D eigenvalue weighted by Gasteiger charge is -2.15. The van der Waals surface area contributed by atoms with Crippen molar-refractivity contribution in [3.63, 3.8) is 0 Å². The van der Waals surface area contributed by atoms with E-state index in [2.05, 4.69) is 4.72 Å². The molecule has 0 fully saturated rings. The van der Waals surface area contributed by atoms with Crippen molar-refractivity contribution < 1.29 is 18.4 Å². The molecule has 19 heavy (non-hydrogen) atoms. The lowest BCUT2D eigenvalue weighted by atomic mass is 10.2. The Labute approximate surface area is 111 Å². The van der Waals surface area contributed by atoms with Crippen molar-refractivity contribution in [2.24, 2.45) is 0 Å². The van der Waals surface area contributed by atoms with Gasteiger partial charge in [0.25, 0.3) is 5.69 Å². The maximum absolute atomic E-state index is 12.1. The van der Waals surface area contributed by atoms with Gasteiger partial charge in [-0.05, 0) is 25.0 Å². The summed E-state index contributed by atoms with van der Waals surface area (Å²) in [6, 6.07) is 2.97. The second kappa shape index (κ2) is 6.09. The number of nitro benzene ring substituents is 1. The van der Waals surface area contributed by atoms with Gasteiger partial charge in [0, 0.05) is 18.2 Å². The number of aliphatic hydroxyl groups is 1. The molecule has 1 aromatic carbocycles. The molecule has 8 heteroatoms. The van der Waals surface area contributed by atoms with Crippen molar-refractivity contribution in [2.75, 3.05) is 6.61 Å². The van der Waals surface area contributed by atoms with Gasteiger partial charge in [0.15, 0.2) is 0 Å². The molecule has 0 aliphatic heterocycles. The molecule has 1 rings (SSSR count). The lowest BCUT2D eigenvalue weighted by Crippen LogP contribution is -2.37. The van der Waals surface area contributed by atoms with Crippen molar-refractivity contribution in [3.05, 3.63) is 33.9 Å². The minimum Gasteiger partial charge on any atom is -0.395 e. The Bertz CT molecular complexity index is 566. The molecule has 2 N–H and O–H groups in total. The number of aryl methyl sites for hydroxylation is 1.